The highest BCUT2D eigenvalue weighted by Crippen LogP contribution is 2.18. The van der Waals surface area contributed by atoms with Gasteiger partial charge in [-0.1, -0.05) is 47.8 Å². The van der Waals surface area contributed by atoms with Gasteiger partial charge in [0.15, 0.2) is 0 Å². The minimum atomic E-state index is 0.167. The van der Waals surface area contributed by atoms with Crippen LogP contribution in [0.1, 0.15) is 37.1 Å². The van der Waals surface area contributed by atoms with Gasteiger partial charge in [-0.05, 0) is 19.8 Å². The molecule has 1 saturated heterocycles. The molecule has 28 heavy (non-hydrogen) atoms. The standard InChI is InChI=1S/C21H29N5O2/c1-16-6-8-17(9-7-16)21-23-20(28-24-21)15-26-12-10-25(11-13-26)14-19(27)22-18-4-2-3-5-18/h6-9,18H,2-5,10-15H2,1H3,(H,22,27). The van der Waals surface area contributed by atoms with Gasteiger partial charge in [0.2, 0.25) is 17.6 Å². The minimum absolute atomic E-state index is 0.167. The Morgan fingerprint density at radius 1 is 1.11 bits per heavy atom. The number of nitrogens with zero attached hydrogens (tertiary/aromatic N) is 4. The fourth-order valence-electron chi connectivity index (χ4n) is 3.98. The first-order valence-corrected chi connectivity index (χ1v) is 10.3. The summed E-state index contributed by atoms with van der Waals surface area (Å²) >= 11 is 0. The van der Waals surface area contributed by atoms with E-state index in [1.807, 2.05) is 24.3 Å². The highest BCUT2D eigenvalue weighted by Gasteiger charge is 2.23. The molecule has 2 aliphatic rings. The van der Waals surface area contributed by atoms with Crippen LogP contribution >= 0.6 is 0 Å². The van der Waals surface area contributed by atoms with Crippen molar-refractivity contribution in [2.24, 2.45) is 0 Å². The van der Waals surface area contributed by atoms with E-state index < -0.39 is 0 Å². The van der Waals surface area contributed by atoms with Gasteiger partial charge >= 0.3 is 0 Å². The summed E-state index contributed by atoms with van der Waals surface area (Å²) in [5.41, 5.74) is 2.18. The first-order valence-electron chi connectivity index (χ1n) is 10.3. The molecule has 0 atom stereocenters. The smallest absolute Gasteiger partial charge is 0.241 e. The number of aryl methyl sites for hydroxylation is 1. The molecule has 2 heterocycles. The summed E-state index contributed by atoms with van der Waals surface area (Å²) < 4.78 is 5.44. The summed E-state index contributed by atoms with van der Waals surface area (Å²) in [6, 6.07) is 8.52. The number of piperazine rings is 1. The molecule has 0 bridgehead atoms. The normalized spacial score (nSPS) is 19.2. The van der Waals surface area contributed by atoms with E-state index in [0.717, 1.165) is 44.6 Å². The van der Waals surface area contributed by atoms with Crippen LogP contribution < -0.4 is 5.32 Å². The highest BCUT2D eigenvalue weighted by atomic mass is 16.5. The number of carbonyl (C=O) groups excluding carboxylic acids is 1. The third kappa shape index (κ3) is 4.97. The van der Waals surface area contributed by atoms with E-state index in [9.17, 15) is 4.79 Å². The molecule has 1 aliphatic carbocycles. The third-order valence-corrected chi connectivity index (χ3v) is 5.69. The Morgan fingerprint density at radius 3 is 2.50 bits per heavy atom. The zero-order valence-corrected chi connectivity index (χ0v) is 16.6. The molecule has 1 saturated carbocycles. The Labute approximate surface area is 166 Å². The summed E-state index contributed by atoms with van der Waals surface area (Å²) in [7, 11) is 0. The molecule has 2 fully saturated rings. The van der Waals surface area contributed by atoms with Gasteiger partial charge in [0.1, 0.15) is 0 Å². The fraction of sp³-hybridized carbons (Fsp3) is 0.571. The predicted octanol–water partition coefficient (Wildman–Crippen LogP) is 2.22. The van der Waals surface area contributed by atoms with Crippen molar-refractivity contribution in [3.63, 3.8) is 0 Å². The van der Waals surface area contributed by atoms with Gasteiger partial charge in [-0.25, -0.2) is 0 Å². The van der Waals surface area contributed by atoms with Crippen molar-refractivity contribution in [3.05, 3.63) is 35.7 Å². The Morgan fingerprint density at radius 2 is 1.79 bits per heavy atom. The second kappa shape index (κ2) is 8.84. The van der Waals surface area contributed by atoms with E-state index in [2.05, 4.69) is 32.2 Å². The van der Waals surface area contributed by atoms with Gasteiger partial charge in [-0.3, -0.25) is 14.6 Å². The number of hydrogen-bond acceptors (Lipinski definition) is 6. The molecule has 4 rings (SSSR count). The van der Waals surface area contributed by atoms with Crippen LogP contribution in [-0.4, -0.2) is 64.6 Å². The quantitative estimate of drug-likeness (QED) is 0.825. The lowest BCUT2D eigenvalue weighted by molar-refractivity contribution is -0.123. The lowest BCUT2D eigenvalue weighted by Crippen LogP contribution is -2.50. The summed E-state index contributed by atoms with van der Waals surface area (Å²) in [4.78, 5) is 21.3. The van der Waals surface area contributed by atoms with Gasteiger partial charge in [0.25, 0.3) is 0 Å². The molecule has 1 aromatic carbocycles. The van der Waals surface area contributed by atoms with Crippen LogP contribution in [0.4, 0.5) is 0 Å². The van der Waals surface area contributed by atoms with Crippen molar-refractivity contribution in [2.45, 2.75) is 45.2 Å². The number of amides is 1. The third-order valence-electron chi connectivity index (χ3n) is 5.69. The molecule has 1 N–H and O–H groups in total. The van der Waals surface area contributed by atoms with Gasteiger partial charge in [0.05, 0.1) is 13.1 Å². The SMILES string of the molecule is Cc1ccc(-c2noc(CN3CCN(CC(=O)NC4CCCC4)CC3)n2)cc1. The molecule has 7 heteroatoms. The van der Waals surface area contributed by atoms with Crippen LogP contribution in [0.5, 0.6) is 0 Å². The van der Waals surface area contributed by atoms with Crippen molar-refractivity contribution in [1.29, 1.82) is 0 Å². The average Bonchev–Trinajstić information content (AvgIpc) is 3.36. The Balaban J connectivity index is 1.22. The molecule has 7 nitrogen and oxygen atoms in total. The summed E-state index contributed by atoms with van der Waals surface area (Å²) in [6.45, 7) is 6.79. The maximum Gasteiger partial charge on any atom is 0.241 e. The highest BCUT2D eigenvalue weighted by molar-refractivity contribution is 5.78. The molecular weight excluding hydrogens is 354 g/mol. The van der Waals surface area contributed by atoms with Crippen LogP contribution in [0, 0.1) is 6.92 Å². The van der Waals surface area contributed by atoms with Crippen LogP contribution in [0.3, 0.4) is 0 Å². The largest absolute Gasteiger partial charge is 0.352 e. The minimum Gasteiger partial charge on any atom is -0.352 e. The Kier molecular flexibility index (Phi) is 6.02. The van der Waals surface area contributed by atoms with E-state index in [1.165, 1.54) is 18.4 Å². The molecule has 2 aromatic rings. The maximum absolute atomic E-state index is 12.2. The zero-order valence-electron chi connectivity index (χ0n) is 16.6. The number of carbonyl (C=O) groups is 1. The Bertz CT molecular complexity index is 774. The monoisotopic (exact) mass is 383 g/mol. The van der Waals surface area contributed by atoms with Crippen molar-refractivity contribution >= 4 is 5.91 Å². The van der Waals surface area contributed by atoms with Crippen LogP contribution in [0.2, 0.25) is 0 Å². The second-order valence-corrected chi connectivity index (χ2v) is 7.98. The van der Waals surface area contributed by atoms with E-state index in [-0.39, 0.29) is 5.91 Å². The van der Waals surface area contributed by atoms with E-state index in [1.54, 1.807) is 0 Å². The van der Waals surface area contributed by atoms with Crippen LogP contribution in [0.15, 0.2) is 28.8 Å². The molecule has 1 aliphatic heterocycles. The molecule has 1 aromatic heterocycles. The van der Waals surface area contributed by atoms with Crippen molar-refractivity contribution < 1.29 is 9.32 Å². The number of aromatic nitrogens is 2. The molecule has 1 amide bonds. The molecule has 0 spiro atoms. The van der Waals surface area contributed by atoms with E-state index >= 15 is 0 Å². The topological polar surface area (TPSA) is 74.5 Å². The number of rotatable bonds is 6. The molecular formula is C21H29N5O2. The summed E-state index contributed by atoms with van der Waals surface area (Å²) in [5, 5.41) is 7.28. The van der Waals surface area contributed by atoms with E-state index in [0.29, 0.717) is 30.8 Å². The molecule has 0 radical (unpaired) electrons. The van der Waals surface area contributed by atoms with Crippen molar-refractivity contribution in [3.8, 4) is 11.4 Å². The fourth-order valence-corrected chi connectivity index (χ4v) is 3.98. The number of hydrogen-bond donors (Lipinski definition) is 1. The van der Waals surface area contributed by atoms with Crippen LogP contribution in [0.25, 0.3) is 11.4 Å². The predicted molar refractivity (Wildman–Crippen MR) is 107 cm³/mol. The van der Waals surface area contributed by atoms with Crippen LogP contribution in [-0.2, 0) is 11.3 Å². The van der Waals surface area contributed by atoms with Crippen molar-refractivity contribution in [2.75, 3.05) is 32.7 Å². The first-order chi connectivity index (χ1) is 13.7. The maximum atomic E-state index is 12.2. The Hall–Kier alpha value is -2.25. The summed E-state index contributed by atoms with van der Waals surface area (Å²) in [5.74, 6) is 1.44. The van der Waals surface area contributed by atoms with Crippen molar-refractivity contribution in [1.82, 2.24) is 25.3 Å². The van der Waals surface area contributed by atoms with Gasteiger partial charge in [-0.15, -0.1) is 0 Å². The van der Waals surface area contributed by atoms with E-state index in [4.69, 9.17) is 4.52 Å². The average molecular weight is 383 g/mol. The lowest BCUT2D eigenvalue weighted by atomic mass is 10.1. The molecule has 0 unspecified atom stereocenters. The number of nitrogens with one attached hydrogen (secondary N) is 1. The zero-order chi connectivity index (χ0) is 19.3. The van der Waals surface area contributed by atoms with Gasteiger partial charge in [-0.2, -0.15) is 4.98 Å². The first kappa shape index (κ1) is 19.1. The lowest BCUT2D eigenvalue weighted by Gasteiger charge is -2.33. The number of benzene rings is 1. The van der Waals surface area contributed by atoms with Gasteiger partial charge < -0.3 is 9.84 Å². The summed E-state index contributed by atoms with van der Waals surface area (Å²) in [6.07, 6.45) is 4.75. The molecule has 150 valence electrons. The van der Waals surface area contributed by atoms with Gasteiger partial charge in [0, 0.05) is 37.8 Å². The second-order valence-electron chi connectivity index (χ2n) is 7.98.